The molecule has 0 N–H and O–H groups in total. The number of Topliss-reactive ketones (excluding diaryl/α,β-unsaturated/α-hetero) is 1. The van der Waals surface area contributed by atoms with E-state index in [2.05, 4.69) is 15.9 Å². The molecule has 4 heteroatoms. The Balaban J connectivity index is 2.23. The molecule has 1 atom stereocenters. The lowest BCUT2D eigenvalue weighted by molar-refractivity contribution is -0.148. The Bertz CT molecular complexity index is 454. The molecule has 1 aliphatic rings. The van der Waals surface area contributed by atoms with Crippen molar-refractivity contribution in [3.05, 3.63) is 22.7 Å². The summed E-state index contributed by atoms with van der Waals surface area (Å²) in [6.45, 7) is 3.82. The van der Waals surface area contributed by atoms with Gasteiger partial charge in [0.2, 0.25) is 0 Å². The number of ether oxygens (including phenoxy) is 2. The molecule has 0 spiro atoms. The van der Waals surface area contributed by atoms with E-state index in [-0.39, 0.29) is 11.9 Å². The van der Waals surface area contributed by atoms with Crippen LogP contribution in [0.15, 0.2) is 22.7 Å². The smallest absolute Gasteiger partial charge is 0.175 e. The van der Waals surface area contributed by atoms with Crippen molar-refractivity contribution in [1.29, 1.82) is 0 Å². The zero-order valence-electron chi connectivity index (χ0n) is 10.1. The first kappa shape index (κ1) is 12.4. The molecule has 0 heterocycles. The van der Waals surface area contributed by atoms with Gasteiger partial charge < -0.3 is 9.47 Å². The monoisotopic (exact) mass is 298 g/mol. The van der Waals surface area contributed by atoms with Gasteiger partial charge in [0.15, 0.2) is 11.5 Å². The fraction of sp³-hybridized carbons (Fsp3) is 0.462. The van der Waals surface area contributed by atoms with E-state index < -0.39 is 5.41 Å². The van der Waals surface area contributed by atoms with Crippen molar-refractivity contribution in [2.45, 2.75) is 26.4 Å². The summed E-state index contributed by atoms with van der Waals surface area (Å²) in [4.78, 5) is 11.5. The van der Waals surface area contributed by atoms with Crippen molar-refractivity contribution in [1.82, 2.24) is 0 Å². The van der Waals surface area contributed by atoms with Gasteiger partial charge in [-0.25, -0.2) is 0 Å². The van der Waals surface area contributed by atoms with Crippen LogP contribution in [-0.4, -0.2) is 19.0 Å². The molecule has 2 rings (SSSR count). The maximum atomic E-state index is 11.5. The molecule has 1 saturated carbocycles. The van der Waals surface area contributed by atoms with Gasteiger partial charge in [-0.2, -0.15) is 0 Å². The predicted octanol–water partition coefficient (Wildman–Crippen LogP) is 3.20. The van der Waals surface area contributed by atoms with Gasteiger partial charge in [0, 0.05) is 6.42 Å². The van der Waals surface area contributed by atoms with E-state index in [1.165, 1.54) is 0 Å². The van der Waals surface area contributed by atoms with Gasteiger partial charge in [0.05, 0.1) is 17.0 Å². The topological polar surface area (TPSA) is 35.5 Å². The minimum absolute atomic E-state index is 0.0809. The minimum atomic E-state index is -0.402. The number of hydrogen-bond donors (Lipinski definition) is 0. The fourth-order valence-corrected chi connectivity index (χ4v) is 2.27. The van der Waals surface area contributed by atoms with Crippen molar-refractivity contribution in [3.63, 3.8) is 0 Å². The molecular formula is C13H15BrO3. The number of ketones is 1. The molecule has 92 valence electrons. The van der Waals surface area contributed by atoms with E-state index in [9.17, 15) is 4.79 Å². The Morgan fingerprint density at radius 3 is 2.65 bits per heavy atom. The summed E-state index contributed by atoms with van der Waals surface area (Å²) in [7, 11) is 1.60. The standard InChI is InChI=1S/C13H15BrO3/c1-13(2)10(15)7-11(13)17-12-8(14)5-4-6-9(12)16-3/h4-6,11H,7H2,1-3H3. The highest BCUT2D eigenvalue weighted by Crippen LogP contribution is 2.43. The first-order chi connectivity index (χ1) is 7.96. The molecular weight excluding hydrogens is 284 g/mol. The van der Waals surface area contributed by atoms with Crippen LogP contribution in [0, 0.1) is 5.41 Å². The number of carbonyl (C=O) groups is 1. The molecule has 1 aromatic carbocycles. The van der Waals surface area contributed by atoms with Crippen molar-refractivity contribution >= 4 is 21.7 Å². The summed E-state index contributed by atoms with van der Waals surface area (Å²) < 4.78 is 12.0. The Kier molecular flexibility index (Phi) is 3.17. The van der Waals surface area contributed by atoms with Gasteiger partial charge in [-0.1, -0.05) is 6.07 Å². The Morgan fingerprint density at radius 2 is 2.12 bits per heavy atom. The third-order valence-electron chi connectivity index (χ3n) is 3.31. The van der Waals surface area contributed by atoms with E-state index >= 15 is 0 Å². The molecule has 0 aromatic heterocycles. The molecule has 1 aliphatic carbocycles. The van der Waals surface area contributed by atoms with Crippen LogP contribution in [0.2, 0.25) is 0 Å². The van der Waals surface area contributed by atoms with E-state index in [0.29, 0.717) is 17.9 Å². The number of carbonyl (C=O) groups excluding carboxylic acids is 1. The number of rotatable bonds is 3. The van der Waals surface area contributed by atoms with Crippen LogP contribution < -0.4 is 9.47 Å². The maximum Gasteiger partial charge on any atom is 0.175 e. The summed E-state index contributed by atoms with van der Waals surface area (Å²) in [5, 5.41) is 0. The predicted molar refractivity (Wildman–Crippen MR) is 68.5 cm³/mol. The summed E-state index contributed by atoms with van der Waals surface area (Å²) in [6.07, 6.45) is 0.389. The molecule has 0 saturated heterocycles. The minimum Gasteiger partial charge on any atom is -0.493 e. The third-order valence-corrected chi connectivity index (χ3v) is 3.93. The van der Waals surface area contributed by atoms with Gasteiger partial charge in [0.1, 0.15) is 11.9 Å². The van der Waals surface area contributed by atoms with Gasteiger partial charge in [-0.3, -0.25) is 4.79 Å². The number of hydrogen-bond acceptors (Lipinski definition) is 3. The lowest BCUT2D eigenvalue weighted by Crippen LogP contribution is -2.53. The molecule has 17 heavy (non-hydrogen) atoms. The summed E-state index contributed by atoms with van der Waals surface area (Å²) in [5.41, 5.74) is -0.402. The molecule has 0 aliphatic heterocycles. The number of halogens is 1. The van der Waals surface area contributed by atoms with Crippen LogP contribution in [-0.2, 0) is 4.79 Å². The van der Waals surface area contributed by atoms with Crippen molar-refractivity contribution in [2.24, 2.45) is 5.41 Å². The van der Waals surface area contributed by atoms with Crippen molar-refractivity contribution < 1.29 is 14.3 Å². The summed E-state index contributed by atoms with van der Waals surface area (Å²) in [5.74, 6) is 1.59. The van der Waals surface area contributed by atoms with E-state index in [1.54, 1.807) is 7.11 Å². The van der Waals surface area contributed by atoms with Crippen molar-refractivity contribution in [3.8, 4) is 11.5 Å². The highest BCUT2D eigenvalue weighted by atomic mass is 79.9. The average molecular weight is 299 g/mol. The second kappa shape index (κ2) is 4.33. The Morgan fingerprint density at radius 1 is 1.41 bits per heavy atom. The molecule has 1 unspecified atom stereocenters. The van der Waals surface area contributed by atoms with Crippen LogP contribution in [0.3, 0.4) is 0 Å². The van der Waals surface area contributed by atoms with E-state index in [4.69, 9.17) is 9.47 Å². The molecule has 0 radical (unpaired) electrons. The van der Waals surface area contributed by atoms with Crippen LogP contribution in [0.1, 0.15) is 20.3 Å². The first-order valence-corrected chi connectivity index (χ1v) is 6.28. The number of para-hydroxylation sites is 1. The first-order valence-electron chi connectivity index (χ1n) is 5.49. The normalized spacial score (nSPS) is 21.9. The lowest BCUT2D eigenvalue weighted by atomic mass is 9.68. The molecule has 1 fully saturated rings. The van der Waals surface area contributed by atoms with Gasteiger partial charge in [-0.15, -0.1) is 0 Å². The Labute approximate surface area is 109 Å². The molecule has 0 amide bonds. The van der Waals surface area contributed by atoms with Crippen LogP contribution in [0.25, 0.3) is 0 Å². The van der Waals surface area contributed by atoms with Gasteiger partial charge in [-0.05, 0) is 41.9 Å². The van der Waals surface area contributed by atoms with Crippen LogP contribution in [0.5, 0.6) is 11.5 Å². The largest absolute Gasteiger partial charge is 0.493 e. The summed E-state index contributed by atoms with van der Waals surface area (Å²) in [6, 6.07) is 5.62. The van der Waals surface area contributed by atoms with Crippen molar-refractivity contribution in [2.75, 3.05) is 7.11 Å². The van der Waals surface area contributed by atoms with E-state index in [1.807, 2.05) is 32.0 Å². The highest BCUT2D eigenvalue weighted by Gasteiger charge is 2.49. The fourth-order valence-electron chi connectivity index (χ4n) is 1.83. The lowest BCUT2D eigenvalue weighted by Gasteiger charge is -2.42. The SMILES string of the molecule is COc1cccc(Br)c1OC1CC(=O)C1(C)C. The van der Waals surface area contributed by atoms with Gasteiger partial charge >= 0.3 is 0 Å². The maximum absolute atomic E-state index is 11.5. The third kappa shape index (κ3) is 2.06. The number of methoxy groups -OCH3 is 1. The zero-order valence-corrected chi connectivity index (χ0v) is 11.7. The zero-order chi connectivity index (χ0) is 12.6. The van der Waals surface area contributed by atoms with E-state index in [0.717, 1.165) is 4.47 Å². The second-order valence-electron chi connectivity index (χ2n) is 4.73. The van der Waals surface area contributed by atoms with Gasteiger partial charge in [0.25, 0.3) is 0 Å². The van der Waals surface area contributed by atoms with Crippen LogP contribution >= 0.6 is 15.9 Å². The second-order valence-corrected chi connectivity index (χ2v) is 5.58. The van der Waals surface area contributed by atoms with Crippen LogP contribution in [0.4, 0.5) is 0 Å². The number of benzene rings is 1. The summed E-state index contributed by atoms with van der Waals surface area (Å²) >= 11 is 3.43. The molecule has 1 aromatic rings. The molecule has 0 bridgehead atoms. The average Bonchev–Trinajstić information content (AvgIpc) is 2.30. The molecule has 3 nitrogen and oxygen atoms in total. The highest BCUT2D eigenvalue weighted by molar-refractivity contribution is 9.10. The quantitative estimate of drug-likeness (QED) is 0.860. The Hall–Kier alpha value is -1.03.